The Kier molecular flexibility index (Phi) is 10.1. The topological polar surface area (TPSA) is 135 Å². The molecule has 0 heterocycles. The zero-order valence-electron chi connectivity index (χ0n) is 32.8. The first kappa shape index (κ1) is 37.5. The maximum atomic E-state index is 10.7. The quantitative estimate of drug-likeness (QED) is 0.0993. The van der Waals surface area contributed by atoms with Gasteiger partial charge in [-0.2, -0.15) is 15.3 Å². The average Bonchev–Trinajstić information content (AvgIpc) is 3.27. The molecule has 0 aliphatic rings. The highest BCUT2D eigenvalue weighted by molar-refractivity contribution is 5.97. The van der Waals surface area contributed by atoms with Crippen LogP contribution in [-0.4, -0.2) is 15.3 Å². The van der Waals surface area contributed by atoms with E-state index in [9.17, 15) is 15.3 Å². The maximum Gasteiger partial charge on any atom is 0.143 e. The summed E-state index contributed by atoms with van der Waals surface area (Å²) in [6.07, 6.45) is 0. The molecule has 60 heavy (non-hydrogen) atoms. The van der Waals surface area contributed by atoms with E-state index in [0.717, 1.165) is 60.1 Å². The first-order valence-corrected chi connectivity index (χ1v) is 19.5. The number of fused-ring (bicyclic) bond motifs is 3. The fourth-order valence-corrected chi connectivity index (χ4v) is 7.61. The van der Waals surface area contributed by atoms with Crippen LogP contribution in [0.2, 0.25) is 0 Å². The van der Waals surface area contributed by atoms with Crippen molar-refractivity contribution in [2.24, 2.45) is 30.7 Å². The summed E-state index contributed by atoms with van der Waals surface area (Å²) in [5.41, 5.74) is 8.17. The summed E-state index contributed by atoms with van der Waals surface area (Å²) < 4.78 is 0. The summed E-state index contributed by atoms with van der Waals surface area (Å²) in [6, 6.07) is 54.0. The van der Waals surface area contributed by atoms with Gasteiger partial charge in [-0.25, -0.2) is 0 Å². The van der Waals surface area contributed by atoms with Gasteiger partial charge in [0.25, 0.3) is 0 Å². The molecule has 9 heteroatoms. The lowest BCUT2D eigenvalue weighted by molar-refractivity contribution is 0.476. The number of aromatic hydroxyl groups is 3. The highest BCUT2D eigenvalue weighted by Crippen LogP contribution is 2.41. The Hall–Kier alpha value is -8.04. The predicted molar refractivity (Wildman–Crippen MR) is 239 cm³/mol. The number of rotatable bonds is 9. The van der Waals surface area contributed by atoms with E-state index in [2.05, 4.69) is 55.0 Å². The smallest absolute Gasteiger partial charge is 0.143 e. The molecule has 290 valence electrons. The SMILES string of the molecule is Cc1cc(C(c2ccc(N=Nc3c(O)ccc4ccccc34)cc2)c2ccc(N=Nc3c(O)ccc4ccccc34)c(C)c2)ccc1N=Nc1c(O)ccc2ccccc12. The molecule has 0 saturated heterocycles. The van der Waals surface area contributed by atoms with Crippen molar-refractivity contribution in [3.63, 3.8) is 0 Å². The van der Waals surface area contributed by atoms with Gasteiger partial charge in [0.1, 0.15) is 34.3 Å². The van der Waals surface area contributed by atoms with Crippen LogP contribution in [0.15, 0.2) is 201 Å². The number of hydrogen-bond donors (Lipinski definition) is 3. The van der Waals surface area contributed by atoms with E-state index in [4.69, 9.17) is 0 Å². The zero-order chi connectivity index (χ0) is 41.2. The van der Waals surface area contributed by atoms with Crippen molar-refractivity contribution in [1.82, 2.24) is 0 Å². The molecule has 0 aromatic heterocycles. The average molecular weight is 783 g/mol. The lowest BCUT2D eigenvalue weighted by Gasteiger charge is -2.21. The minimum atomic E-state index is -0.197. The lowest BCUT2D eigenvalue weighted by atomic mass is 9.83. The molecule has 0 spiro atoms. The van der Waals surface area contributed by atoms with Crippen molar-refractivity contribution in [1.29, 1.82) is 0 Å². The maximum absolute atomic E-state index is 10.7. The molecule has 0 unspecified atom stereocenters. The minimum absolute atomic E-state index is 0.0636. The Bertz CT molecular complexity index is 3030. The van der Waals surface area contributed by atoms with Crippen LogP contribution in [0, 0.1) is 13.8 Å². The van der Waals surface area contributed by atoms with Gasteiger partial charge >= 0.3 is 0 Å². The molecular formula is C51H38N6O3. The summed E-state index contributed by atoms with van der Waals surface area (Å²) in [7, 11) is 0. The van der Waals surface area contributed by atoms with Crippen molar-refractivity contribution in [3.8, 4) is 17.2 Å². The standard InChI is InChI=1S/C51H38N6O3/c1-31-29-37(17-24-43(31)53-56-50-41-13-7-4-10-34(41)20-27-46(50)59)48(36-15-22-39(23-16-36)52-55-49-40-12-6-3-9-33(40)19-26-45(49)58)38-18-25-44(32(2)30-38)54-57-51-42-14-8-5-11-35(42)21-28-47(51)60/h3-30,48,58-60H,1-2H3. The molecular weight excluding hydrogens is 745 g/mol. The second kappa shape index (κ2) is 16.1. The number of phenolic OH excluding ortho intramolecular Hbond substituents is 3. The Morgan fingerprint density at radius 1 is 0.350 bits per heavy atom. The van der Waals surface area contributed by atoms with Gasteiger partial charge in [-0.15, -0.1) is 15.3 Å². The lowest BCUT2D eigenvalue weighted by Crippen LogP contribution is -2.04. The summed E-state index contributed by atoms with van der Waals surface area (Å²) in [6.45, 7) is 4.00. The van der Waals surface area contributed by atoms with Gasteiger partial charge in [-0.1, -0.05) is 127 Å². The molecule has 9 aromatic carbocycles. The summed E-state index contributed by atoms with van der Waals surface area (Å²) in [5.74, 6) is -0.00250. The van der Waals surface area contributed by atoms with Crippen LogP contribution in [0.5, 0.6) is 17.2 Å². The van der Waals surface area contributed by atoms with Crippen molar-refractivity contribution < 1.29 is 15.3 Å². The highest BCUT2D eigenvalue weighted by Gasteiger charge is 2.20. The van der Waals surface area contributed by atoms with Crippen molar-refractivity contribution in [3.05, 3.63) is 198 Å². The van der Waals surface area contributed by atoms with Gasteiger partial charge in [0.15, 0.2) is 0 Å². The van der Waals surface area contributed by atoms with Gasteiger partial charge in [0.05, 0.1) is 17.1 Å². The van der Waals surface area contributed by atoms with E-state index < -0.39 is 0 Å². The number of aryl methyl sites for hydroxylation is 2. The van der Waals surface area contributed by atoms with E-state index in [1.54, 1.807) is 18.2 Å². The van der Waals surface area contributed by atoms with Crippen LogP contribution in [0.25, 0.3) is 32.3 Å². The molecule has 0 amide bonds. The number of phenols is 3. The van der Waals surface area contributed by atoms with Crippen LogP contribution in [0.1, 0.15) is 33.7 Å². The van der Waals surface area contributed by atoms with E-state index in [-0.39, 0.29) is 23.2 Å². The molecule has 0 radical (unpaired) electrons. The van der Waals surface area contributed by atoms with E-state index in [1.165, 1.54) is 0 Å². The highest BCUT2D eigenvalue weighted by atomic mass is 16.3. The van der Waals surface area contributed by atoms with Crippen molar-refractivity contribution >= 4 is 66.4 Å². The first-order chi connectivity index (χ1) is 29.3. The molecule has 9 nitrogen and oxygen atoms in total. The fourth-order valence-electron chi connectivity index (χ4n) is 7.61. The van der Waals surface area contributed by atoms with Gasteiger partial charge in [0, 0.05) is 22.1 Å². The molecule has 9 aromatic rings. The normalized spacial score (nSPS) is 12.4. The minimum Gasteiger partial charge on any atom is -0.506 e. The van der Waals surface area contributed by atoms with Crippen LogP contribution in [-0.2, 0) is 0 Å². The zero-order valence-corrected chi connectivity index (χ0v) is 32.8. The second-order valence-corrected chi connectivity index (χ2v) is 14.7. The molecule has 0 bridgehead atoms. The van der Waals surface area contributed by atoms with E-state index in [1.807, 2.05) is 141 Å². The Labute approximate surface area is 346 Å². The Morgan fingerprint density at radius 3 is 1.12 bits per heavy atom. The molecule has 9 rings (SSSR count). The third-order valence-corrected chi connectivity index (χ3v) is 10.8. The first-order valence-electron chi connectivity index (χ1n) is 19.5. The predicted octanol–water partition coefficient (Wildman–Crippen LogP) is 15.3. The van der Waals surface area contributed by atoms with Gasteiger partial charge in [-0.3, -0.25) is 0 Å². The van der Waals surface area contributed by atoms with Crippen LogP contribution in [0.3, 0.4) is 0 Å². The second-order valence-electron chi connectivity index (χ2n) is 14.7. The third-order valence-electron chi connectivity index (χ3n) is 10.8. The fraction of sp³-hybridized carbons (Fsp3) is 0.0588. The van der Waals surface area contributed by atoms with Gasteiger partial charge in [-0.05, 0) is 100 Å². The van der Waals surface area contributed by atoms with E-state index in [0.29, 0.717) is 34.1 Å². The van der Waals surface area contributed by atoms with E-state index >= 15 is 0 Å². The van der Waals surface area contributed by atoms with Gasteiger partial charge in [0.2, 0.25) is 0 Å². The molecule has 0 aliphatic carbocycles. The number of hydrogen-bond acceptors (Lipinski definition) is 9. The third kappa shape index (κ3) is 7.43. The number of azo groups is 3. The summed E-state index contributed by atoms with van der Waals surface area (Å²) in [4.78, 5) is 0. The monoisotopic (exact) mass is 782 g/mol. The summed E-state index contributed by atoms with van der Waals surface area (Å²) in [5, 5.41) is 64.5. The van der Waals surface area contributed by atoms with Gasteiger partial charge < -0.3 is 15.3 Å². The van der Waals surface area contributed by atoms with Crippen molar-refractivity contribution in [2.75, 3.05) is 0 Å². The molecule has 3 N–H and O–H groups in total. The van der Waals surface area contributed by atoms with Crippen LogP contribution in [0.4, 0.5) is 34.1 Å². The van der Waals surface area contributed by atoms with Crippen LogP contribution >= 0.6 is 0 Å². The summed E-state index contributed by atoms with van der Waals surface area (Å²) >= 11 is 0. The molecule has 0 atom stereocenters. The molecule has 0 fully saturated rings. The molecule has 0 saturated carbocycles. The Morgan fingerprint density at radius 2 is 0.717 bits per heavy atom. The van der Waals surface area contributed by atoms with Crippen LogP contribution < -0.4 is 0 Å². The molecule has 0 aliphatic heterocycles. The number of nitrogens with zero attached hydrogens (tertiary/aromatic N) is 6. The van der Waals surface area contributed by atoms with Crippen molar-refractivity contribution in [2.45, 2.75) is 19.8 Å². The largest absolute Gasteiger partial charge is 0.506 e. The number of benzene rings is 9. The Balaban J connectivity index is 1.07.